The lowest BCUT2D eigenvalue weighted by atomic mass is 10.1. The number of carbonyl (C=O) groups is 2. The maximum atomic E-state index is 12.9. The summed E-state index contributed by atoms with van der Waals surface area (Å²) in [5, 5.41) is 10.9. The molecule has 0 amide bonds. The van der Waals surface area contributed by atoms with Gasteiger partial charge in [0.2, 0.25) is 0 Å². The molecule has 0 bridgehead atoms. The number of hydrogen-bond acceptors (Lipinski definition) is 9. The van der Waals surface area contributed by atoms with Crippen LogP contribution in [0.5, 0.6) is 0 Å². The summed E-state index contributed by atoms with van der Waals surface area (Å²) in [7, 11) is 1.39. The Bertz CT molecular complexity index is 1200. The van der Waals surface area contributed by atoms with Gasteiger partial charge >= 0.3 is 11.9 Å². The number of carbonyl (C=O) groups excluding carboxylic acids is 2. The molecule has 3 aromatic carbocycles. The molecule has 4 rings (SSSR count). The molecule has 4 unspecified atom stereocenters. The fourth-order valence-corrected chi connectivity index (χ4v) is 3.84. The standard InChI is InChI=1S/C27H25NO9/c1-33-27-24(37-26(30)20-12-14-21(15-13-20)28(31)32)23(34-16-18-8-4-2-5-9-18)22(36-27)17-35-25(29)19-10-6-3-7-11-19/h2-15,22-24,27H,16-17H2,1H3. The van der Waals surface area contributed by atoms with Crippen molar-refractivity contribution in [1.29, 1.82) is 0 Å². The van der Waals surface area contributed by atoms with Gasteiger partial charge in [0.15, 0.2) is 12.4 Å². The Morgan fingerprint density at radius 1 is 0.865 bits per heavy atom. The number of methoxy groups -OCH3 is 1. The van der Waals surface area contributed by atoms with Gasteiger partial charge in [-0.3, -0.25) is 10.1 Å². The fraction of sp³-hybridized carbons (Fsp3) is 0.259. The van der Waals surface area contributed by atoms with Crippen molar-refractivity contribution in [3.63, 3.8) is 0 Å². The average Bonchev–Trinajstić information content (AvgIpc) is 3.27. The van der Waals surface area contributed by atoms with Crippen molar-refractivity contribution in [2.75, 3.05) is 13.7 Å². The smallest absolute Gasteiger partial charge is 0.338 e. The van der Waals surface area contributed by atoms with E-state index in [1.54, 1.807) is 30.3 Å². The molecule has 0 N–H and O–H groups in total. The second-order valence-electron chi connectivity index (χ2n) is 8.18. The molecule has 1 saturated heterocycles. The molecule has 37 heavy (non-hydrogen) atoms. The van der Waals surface area contributed by atoms with E-state index in [-0.39, 0.29) is 24.5 Å². The first-order valence-corrected chi connectivity index (χ1v) is 11.5. The lowest BCUT2D eigenvalue weighted by Gasteiger charge is -2.24. The first-order valence-electron chi connectivity index (χ1n) is 11.5. The molecular weight excluding hydrogens is 482 g/mol. The quantitative estimate of drug-likeness (QED) is 0.228. The summed E-state index contributed by atoms with van der Waals surface area (Å²) in [5.41, 5.74) is 1.22. The summed E-state index contributed by atoms with van der Waals surface area (Å²) < 4.78 is 28.6. The van der Waals surface area contributed by atoms with Crippen LogP contribution >= 0.6 is 0 Å². The second kappa shape index (κ2) is 12.2. The van der Waals surface area contributed by atoms with Crippen LogP contribution in [0, 0.1) is 10.1 Å². The van der Waals surface area contributed by atoms with Crippen molar-refractivity contribution in [2.24, 2.45) is 0 Å². The zero-order valence-electron chi connectivity index (χ0n) is 19.9. The van der Waals surface area contributed by atoms with Crippen molar-refractivity contribution in [3.8, 4) is 0 Å². The second-order valence-corrected chi connectivity index (χ2v) is 8.18. The van der Waals surface area contributed by atoms with Crippen LogP contribution in [0.15, 0.2) is 84.9 Å². The number of nitro groups is 1. The number of non-ortho nitro benzene ring substituents is 1. The van der Waals surface area contributed by atoms with Gasteiger partial charge in [0.25, 0.3) is 5.69 Å². The lowest BCUT2D eigenvalue weighted by Crippen LogP contribution is -2.41. The van der Waals surface area contributed by atoms with E-state index in [9.17, 15) is 19.7 Å². The number of nitro benzene ring substituents is 1. The van der Waals surface area contributed by atoms with Gasteiger partial charge in [-0.05, 0) is 29.8 Å². The van der Waals surface area contributed by atoms with Gasteiger partial charge in [-0.15, -0.1) is 0 Å². The van der Waals surface area contributed by atoms with Gasteiger partial charge in [0.05, 0.1) is 22.7 Å². The highest BCUT2D eigenvalue weighted by atomic mass is 16.7. The molecule has 0 radical (unpaired) electrons. The van der Waals surface area contributed by atoms with Crippen LogP contribution in [-0.2, 0) is 30.3 Å². The molecule has 4 atom stereocenters. The van der Waals surface area contributed by atoms with E-state index >= 15 is 0 Å². The molecule has 0 spiro atoms. The van der Waals surface area contributed by atoms with E-state index in [2.05, 4.69) is 0 Å². The van der Waals surface area contributed by atoms with Crippen LogP contribution < -0.4 is 0 Å². The zero-order chi connectivity index (χ0) is 26.2. The number of nitrogens with zero attached hydrogens (tertiary/aromatic N) is 1. The molecule has 192 valence electrons. The number of hydrogen-bond donors (Lipinski definition) is 0. The van der Waals surface area contributed by atoms with E-state index in [1.165, 1.54) is 31.4 Å². The monoisotopic (exact) mass is 507 g/mol. The molecule has 3 aromatic rings. The third-order valence-corrected chi connectivity index (χ3v) is 5.73. The number of benzene rings is 3. The van der Waals surface area contributed by atoms with Gasteiger partial charge in [-0.2, -0.15) is 0 Å². The molecule has 1 aliphatic rings. The largest absolute Gasteiger partial charge is 0.459 e. The van der Waals surface area contributed by atoms with Gasteiger partial charge in [0, 0.05) is 19.2 Å². The topological polar surface area (TPSA) is 123 Å². The minimum Gasteiger partial charge on any atom is -0.459 e. The van der Waals surface area contributed by atoms with Crippen molar-refractivity contribution in [2.45, 2.75) is 31.2 Å². The Kier molecular flexibility index (Phi) is 8.57. The number of rotatable bonds is 10. The molecule has 0 aliphatic carbocycles. The molecule has 1 aliphatic heterocycles. The van der Waals surface area contributed by atoms with Gasteiger partial charge in [-0.25, -0.2) is 9.59 Å². The van der Waals surface area contributed by atoms with E-state index < -0.39 is 41.5 Å². The van der Waals surface area contributed by atoms with E-state index in [0.29, 0.717) is 5.56 Å². The fourth-order valence-electron chi connectivity index (χ4n) is 3.84. The molecule has 0 aromatic heterocycles. The number of ether oxygens (including phenoxy) is 5. The molecule has 10 heteroatoms. The van der Waals surface area contributed by atoms with Crippen molar-refractivity contribution in [3.05, 3.63) is 112 Å². The van der Waals surface area contributed by atoms with E-state index in [4.69, 9.17) is 23.7 Å². The summed E-state index contributed by atoms with van der Waals surface area (Å²) in [5.74, 6) is -1.27. The minimum absolute atomic E-state index is 0.112. The first-order chi connectivity index (χ1) is 18.0. The predicted molar refractivity (Wildman–Crippen MR) is 130 cm³/mol. The highest BCUT2D eigenvalue weighted by Crippen LogP contribution is 2.29. The Labute approximate surface area is 212 Å². The molecule has 1 fully saturated rings. The van der Waals surface area contributed by atoms with Crippen LogP contribution in [-0.4, -0.2) is 55.2 Å². The Morgan fingerprint density at radius 3 is 2.11 bits per heavy atom. The molecule has 1 heterocycles. The molecule has 10 nitrogen and oxygen atoms in total. The summed E-state index contributed by atoms with van der Waals surface area (Å²) in [6.07, 6.45) is -3.63. The van der Waals surface area contributed by atoms with Crippen LogP contribution in [0.25, 0.3) is 0 Å². The highest BCUT2D eigenvalue weighted by Gasteiger charge is 2.49. The minimum atomic E-state index is -1.00. The summed E-state index contributed by atoms with van der Waals surface area (Å²) >= 11 is 0. The SMILES string of the molecule is COC1OC(COC(=O)c2ccccc2)C(OCc2ccccc2)C1OC(=O)c1ccc([N+](=O)[O-])cc1. The van der Waals surface area contributed by atoms with E-state index in [0.717, 1.165) is 5.56 Å². The summed E-state index contributed by atoms with van der Waals surface area (Å²) in [6.45, 7) is 0.0125. The van der Waals surface area contributed by atoms with Crippen molar-refractivity contribution in [1.82, 2.24) is 0 Å². The van der Waals surface area contributed by atoms with Crippen LogP contribution in [0.3, 0.4) is 0 Å². The lowest BCUT2D eigenvalue weighted by molar-refractivity contribution is -0.384. The maximum Gasteiger partial charge on any atom is 0.338 e. The zero-order valence-corrected chi connectivity index (χ0v) is 19.9. The normalized spacial score (nSPS) is 20.8. The van der Waals surface area contributed by atoms with Gasteiger partial charge in [0.1, 0.15) is 18.8 Å². The van der Waals surface area contributed by atoms with E-state index in [1.807, 2.05) is 30.3 Å². The first kappa shape index (κ1) is 26.0. The van der Waals surface area contributed by atoms with Gasteiger partial charge in [-0.1, -0.05) is 48.5 Å². The van der Waals surface area contributed by atoms with Crippen LogP contribution in [0.4, 0.5) is 5.69 Å². The third-order valence-electron chi connectivity index (χ3n) is 5.73. The third kappa shape index (κ3) is 6.56. The average molecular weight is 507 g/mol. The highest BCUT2D eigenvalue weighted by molar-refractivity contribution is 5.90. The number of esters is 2. The van der Waals surface area contributed by atoms with Crippen LogP contribution in [0.1, 0.15) is 26.3 Å². The maximum absolute atomic E-state index is 12.9. The Morgan fingerprint density at radius 2 is 1.49 bits per heavy atom. The summed E-state index contributed by atoms with van der Waals surface area (Å²) in [6, 6.07) is 22.9. The van der Waals surface area contributed by atoms with Crippen molar-refractivity contribution >= 4 is 17.6 Å². The summed E-state index contributed by atoms with van der Waals surface area (Å²) in [4.78, 5) is 35.7. The Balaban J connectivity index is 1.50. The van der Waals surface area contributed by atoms with Crippen LogP contribution in [0.2, 0.25) is 0 Å². The van der Waals surface area contributed by atoms with Crippen molar-refractivity contribution < 1.29 is 38.2 Å². The molecular formula is C27H25NO9. The van der Waals surface area contributed by atoms with Gasteiger partial charge < -0.3 is 23.7 Å². The molecule has 0 saturated carbocycles. The predicted octanol–water partition coefficient (Wildman–Crippen LogP) is 3.93. The Hall–Kier alpha value is -4.12.